The van der Waals surface area contributed by atoms with E-state index in [0.29, 0.717) is 16.3 Å². The molecule has 2 N–H and O–H groups in total. The Bertz CT molecular complexity index is 785. The van der Waals surface area contributed by atoms with E-state index in [1.165, 1.54) is 24.3 Å². The van der Waals surface area contributed by atoms with Crippen LogP contribution in [0, 0.1) is 6.92 Å². The molecule has 21 heavy (non-hydrogen) atoms. The van der Waals surface area contributed by atoms with E-state index < -0.39 is 16.0 Å². The molecule has 0 saturated carbocycles. The molecule has 0 bridgehead atoms. The minimum Gasteiger partial charge on any atom is -0.478 e. The number of halogens is 1. The number of carbonyl (C=O) groups is 1. The Labute approximate surface area is 127 Å². The number of hydrogen-bond donors (Lipinski definition) is 2. The predicted octanol–water partition coefficient (Wildman–Crippen LogP) is 3.15. The molecular formula is C14H12ClNO4S. The zero-order valence-corrected chi connectivity index (χ0v) is 12.6. The molecule has 0 aliphatic heterocycles. The summed E-state index contributed by atoms with van der Waals surface area (Å²) in [5.74, 6) is -1.11. The van der Waals surface area contributed by atoms with Crippen molar-refractivity contribution >= 4 is 33.3 Å². The van der Waals surface area contributed by atoms with Gasteiger partial charge in [-0.3, -0.25) is 4.72 Å². The summed E-state index contributed by atoms with van der Waals surface area (Å²) in [5.41, 5.74) is 1.02. The fourth-order valence-corrected chi connectivity index (χ4v) is 3.00. The maximum Gasteiger partial charge on any atom is 0.335 e. The first-order chi connectivity index (χ1) is 9.81. The maximum atomic E-state index is 12.2. The number of sulfonamides is 1. The van der Waals surface area contributed by atoms with Crippen molar-refractivity contribution in [1.82, 2.24) is 0 Å². The second-order valence-electron chi connectivity index (χ2n) is 4.35. The van der Waals surface area contributed by atoms with Gasteiger partial charge in [0.15, 0.2) is 0 Å². The summed E-state index contributed by atoms with van der Waals surface area (Å²) in [6, 6.07) is 9.86. The Balaban J connectivity index is 2.34. The summed E-state index contributed by atoms with van der Waals surface area (Å²) < 4.78 is 26.9. The average Bonchev–Trinajstić information content (AvgIpc) is 2.44. The SMILES string of the molecule is Cc1c(Cl)cccc1NS(=O)(=O)c1ccc(C(=O)O)cc1. The fraction of sp³-hybridized carbons (Fsp3) is 0.0714. The standard InChI is InChI=1S/C14H12ClNO4S/c1-9-12(15)3-2-4-13(9)16-21(19,20)11-7-5-10(6-8-11)14(17)18/h2-8,16H,1H3,(H,17,18). The van der Waals surface area contributed by atoms with Crippen LogP contribution in [-0.2, 0) is 10.0 Å². The normalized spacial score (nSPS) is 11.1. The van der Waals surface area contributed by atoms with Crippen LogP contribution in [0.15, 0.2) is 47.4 Å². The molecule has 2 rings (SSSR count). The first-order valence-corrected chi connectivity index (χ1v) is 7.78. The number of carboxylic acid groups (broad SMARTS) is 1. The Kier molecular flexibility index (Phi) is 4.20. The van der Waals surface area contributed by atoms with Crippen molar-refractivity contribution in [3.63, 3.8) is 0 Å². The molecule has 0 saturated heterocycles. The number of nitrogens with one attached hydrogen (secondary N) is 1. The number of anilines is 1. The number of carboxylic acids is 1. The van der Waals surface area contributed by atoms with Crippen LogP contribution in [0.5, 0.6) is 0 Å². The molecule has 0 aliphatic carbocycles. The minimum absolute atomic E-state index is 0.0212. The molecule has 7 heteroatoms. The quantitative estimate of drug-likeness (QED) is 0.904. The summed E-state index contributed by atoms with van der Waals surface area (Å²) in [6.07, 6.45) is 0. The number of hydrogen-bond acceptors (Lipinski definition) is 3. The Morgan fingerprint density at radius 1 is 1.14 bits per heavy atom. The second kappa shape index (κ2) is 5.75. The van der Waals surface area contributed by atoms with Gasteiger partial charge in [-0.25, -0.2) is 13.2 Å². The first kappa shape index (κ1) is 15.3. The van der Waals surface area contributed by atoms with Gasteiger partial charge in [-0.2, -0.15) is 0 Å². The molecule has 0 atom stereocenters. The van der Waals surface area contributed by atoms with Crippen molar-refractivity contribution in [2.45, 2.75) is 11.8 Å². The van der Waals surface area contributed by atoms with Gasteiger partial charge in [0.1, 0.15) is 0 Å². The summed E-state index contributed by atoms with van der Waals surface area (Å²) in [5, 5.41) is 9.26. The summed E-state index contributed by atoms with van der Waals surface area (Å²) >= 11 is 5.94. The number of rotatable bonds is 4. The molecule has 0 spiro atoms. The average molecular weight is 326 g/mol. The third-order valence-corrected chi connectivity index (χ3v) is 4.71. The molecule has 110 valence electrons. The molecule has 0 heterocycles. The van der Waals surface area contributed by atoms with Crippen molar-refractivity contribution in [2.24, 2.45) is 0 Å². The third-order valence-electron chi connectivity index (χ3n) is 2.92. The lowest BCUT2D eigenvalue weighted by Gasteiger charge is -2.11. The molecule has 2 aromatic carbocycles. The minimum atomic E-state index is -3.80. The maximum absolute atomic E-state index is 12.2. The highest BCUT2D eigenvalue weighted by Crippen LogP contribution is 2.25. The van der Waals surface area contributed by atoms with Gasteiger partial charge in [0, 0.05) is 5.02 Å². The zero-order valence-electron chi connectivity index (χ0n) is 11.0. The van der Waals surface area contributed by atoms with Crippen LogP contribution in [-0.4, -0.2) is 19.5 Å². The van der Waals surface area contributed by atoms with Gasteiger partial charge in [-0.15, -0.1) is 0 Å². The van der Waals surface area contributed by atoms with Gasteiger partial charge in [0.25, 0.3) is 10.0 Å². The van der Waals surface area contributed by atoms with Gasteiger partial charge in [0.05, 0.1) is 16.1 Å². The molecule has 0 unspecified atom stereocenters. The van der Waals surface area contributed by atoms with Crippen molar-refractivity contribution in [2.75, 3.05) is 4.72 Å². The molecule has 0 aromatic heterocycles. The van der Waals surface area contributed by atoms with Crippen LogP contribution < -0.4 is 4.72 Å². The van der Waals surface area contributed by atoms with E-state index in [1.807, 2.05) is 0 Å². The molecule has 0 fully saturated rings. The van der Waals surface area contributed by atoms with Crippen molar-refractivity contribution in [1.29, 1.82) is 0 Å². The number of benzene rings is 2. The van der Waals surface area contributed by atoms with Gasteiger partial charge < -0.3 is 5.11 Å². The summed E-state index contributed by atoms with van der Waals surface area (Å²) in [7, 11) is -3.80. The topological polar surface area (TPSA) is 83.5 Å². The van der Waals surface area contributed by atoms with Crippen LogP contribution in [0.2, 0.25) is 5.02 Å². The Morgan fingerprint density at radius 2 is 1.76 bits per heavy atom. The fourth-order valence-electron chi connectivity index (χ4n) is 1.70. The third kappa shape index (κ3) is 3.34. The lowest BCUT2D eigenvalue weighted by molar-refractivity contribution is 0.0697. The highest BCUT2D eigenvalue weighted by molar-refractivity contribution is 7.92. The van der Waals surface area contributed by atoms with Crippen LogP contribution >= 0.6 is 11.6 Å². The van der Waals surface area contributed by atoms with E-state index in [-0.39, 0.29) is 10.5 Å². The van der Waals surface area contributed by atoms with Crippen molar-refractivity contribution in [3.05, 3.63) is 58.6 Å². The van der Waals surface area contributed by atoms with E-state index in [9.17, 15) is 13.2 Å². The second-order valence-corrected chi connectivity index (χ2v) is 6.44. The molecular weight excluding hydrogens is 314 g/mol. The lowest BCUT2D eigenvalue weighted by Crippen LogP contribution is -2.14. The van der Waals surface area contributed by atoms with Crippen molar-refractivity contribution < 1.29 is 18.3 Å². The smallest absolute Gasteiger partial charge is 0.335 e. The van der Waals surface area contributed by atoms with E-state index in [4.69, 9.17) is 16.7 Å². The first-order valence-electron chi connectivity index (χ1n) is 5.92. The van der Waals surface area contributed by atoms with E-state index in [1.54, 1.807) is 25.1 Å². The van der Waals surface area contributed by atoms with Crippen LogP contribution in [0.1, 0.15) is 15.9 Å². The summed E-state index contributed by atoms with van der Waals surface area (Å²) in [4.78, 5) is 10.7. The Morgan fingerprint density at radius 3 is 2.33 bits per heavy atom. The molecule has 0 radical (unpaired) electrons. The number of aromatic carboxylic acids is 1. The van der Waals surface area contributed by atoms with E-state index >= 15 is 0 Å². The van der Waals surface area contributed by atoms with Gasteiger partial charge in [0.2, 0.25) is 0 Å². The van der Waals surface area contributed by atoms with Crippen LogP contribution in [0.25, 0.3) is 0 Å². The highest BCUT2D eigenvalue weighted by Gasteiger charge is 2.16. The Hall–Kier alpha value is -2.05. The zero-order chi connectivity index (χ0) is 15.6. The largest absolute Gasteiger partial charge is 0.478 e. The van der Waals surface area contributed by atoms with Gasteiger partial charge >= 0.3 is 5.97 Å². The van der Waals surface area contributed by atoms with E-state index in [2.05, 4.69) is 4.72 Å². The van der Waals surface area contributed by atoms with Crippen LogP contribution in [0.3, 0.4) is 0 Å². The predicted molar refractivity (Wildman–Crippen MR) is 80.4 cm³/mol. The molecule has 0 amide bonds. The van der Waals surface area contributed by atoms with Gasteiger partial charge in [-0.1, -0.05) is 17.7 Å². The highest BCUT2D eigenvalue weighted by atomic mass is 35.5. The summed E-state index contributed by atoms with van der Waals surface area (Å²) in [6.45, 7) is 1.70. The van der Waals surface area contributed by atoms with E-state index in [0.717, 1.165) is 0 Å². The van der Waals surface area contributed by atoms with Gasteiger partial charge in [-0.05, 0) is 48.9 Å². The molecule has 2 aromatic rings. The lowest BCUT2D eigenvalue weighted by atomic mass is 10.2. The van der Waals surface area contributed by atoms with Crippen LogP contribution in [0.4, 0.5) is 5.69 Å². The monoisotopic (exact) mass is 325 g/mol. The molecule has 0 aliphatic rings. The molecule has 5 nitrogen and oxygen atoms in total. The van der Waals surface area contributed by atoms with Crippen molar-refractivity contribution in [3.8, 4) is 0 Å².